The number of carbonyl (C=O) groups excluding carboxylic acids is 1. The normalized spacial score (nSPS) is 12.5. The summed E-state index contributed by atoms with van der Waals surface area (Å²) < 4.78 is 5.05. The molecule has 0 spiro atoms. The fourth-order valence-electron chi connectivity index (χ4n) is 1.41. The Kier molecular flexibility index (Phi) is 4.16. The zero-order chi connectivity index (χ0) is 11.3. The van der Waals surface area contributed by atoms with E-state index in [1.165, 1.54) is 0 Å². The van der Waals surface area contributed by atoms with Crippen molar-refractivity contribution in [3.05, 3.63) is 35.9 Å². The number of benzene rings is 1. The highest BCUT2D eigenvalue weighted by Gasteiger charge is 2.17. The van der Waals surface area contributed by atoms with Gasteiger partial charge in [0.2, 0.25) is 0 Å². The van der Waals surface area contributed by atoms with Crippen molar-refractivity contribution in [2.75, 3.05) is 0 Å². The van der Waals surface area contributed by atoms with Gasteiger partial charge in [-0.05, 0) is 11.5 Å². The number of rotatable bonds is 4. The van der Waals surface area contributed by atoms with Gasteiger partial charge in [-0.3, -0.25) is 0 Å². The second-order valence-corrected chi connectivity index (χ2v) is 3.91. The van der Waals surface area contributed by atoms with Gasteiger partial charge in [0.1, 0.15) is 6.10 Å². The summed E-state index contributed by atoms with van der Waals surface area (Å²) >= 11 is 0. The summed E-state index contributed by atoms with van der Waals surface area (Å²) in [6.45, 7) is 4.02. The van der Waals surface area contributed by atoms with Gasteiger partial charge in [0.05, 0.1) is 0 Å². The molecule has 0 aliphatic carbocycles. The summed E-state index contributed by atoms with van der Waals surface area (Å²) in [7, 11) is 0. The zero-order valence-electron chi connectivity index (χ0n) is 9.14. The Hall–Kier alpha value is -1.51. The zero-order valence-corrected chi connectivity index (χ0v) is 9.14. The molecule has 82 valence electrons. The van der Waals surface area contributed by atoms with E-state index in [0.29, 0.717) is 6.42 Å². The van der Waals surface area contributed by atoms with Gasteiger partial charge in [-0.25, -0.2) is 4.79 Å². The van der Waals surface area contributed by atoms with E-state index in [4.69, 9.17) is 10.5 Å². The molecule has 2 N–H and O–H groups in total. The lowest BCUT2D eigenvalue weighted by molar-refractivity contribution is 0.0788. The molecule has 0 radical (unpaired) electrons. The number of primary amides is 1. The Bertz CT molecular complexity index is 309. The average molecular weight is 207 g/mol. The summed E-state index contributed by atoms with van der Waals surface area (Å²) in [6, 6.07) is 9.93. The molecule has 3 nitrogen and oxygen atoms in total. The predicted octanol–water partition coefficient (Wildman–Crippen LogP) is 2.35. The highest BCUT2D eigenvalue weighted by atomic mass is 16.6. The fraction of sp³-hybridized carbons (Fsp3) is 0.417. The van der Waals surface area contributed by atoms with E-state index < -0.39 is 6.09 Å². The lowest BCUT2D eigenvalue weighted by Crippen LogP contribution is -2.28. The van der Waals surface area contributed by atoms with Gasteiger partial charge in [-0.1, -0.05) is 44.2 Å². The number of ether oxygens (including phenoxy) is 1. The van der Waals surface area contributed by atoms with Crippen LogP contribution in [0.3, 0.4) is 0 Å². The van der Waals surface area contributed by atoms with E-state index in [9.17, 15) is 4.79 Å². The molecule has 1 aromatic rings. The molecule has 1 aromatic carbocycles. The van der Waals surface area contributed by atoms with Gasteiger partial charge in [-0.15, -0.1) is 0 Å². The van der Waals surface area contributed by atoms with Crippen LogP contribution in [0.2, 0.25) is 0 Å². The van der Waals surface area contributed by atoms with Crippen LogP contribution in [0.1, 0.15) is 19.4 Å². The first-order valence-corrected chi connectivity index (χ1v) is 5.09. The van der Waals surface area contributed by atoms with Crippen molar-refractivity contribution in [1.82, 2.24) is 0 Å². The van der Waals surface area contributed by atoms with Crippen molar-refractivity contribution in [3.8, 4) is 0 Å². The first kappa shape index (κ1) is 11.6. The molecule has 1 unspecified atom stereocenters. The highest BCUT2D eigenvalue weighted by Crippen LogP contribution is 2.13. The van der Waals surface area contributed by atoms with Gasteiger partial charge < -0.3 is 10.5 Å². The van der Waals surface area contributed by atoms with Crippen molar-refractivity contribution in [2.24, 2.45) is 11.7 Å². The molecule has 0 aromatic heterocycles. The third-order valence-corrected chi connectivity index (χ3v) is 2.29. The number of nitrogens with two attached hydrogens (primary N) is 1. The van der Waals surface area contributed by atoms with E-state index in [1.807, 2.05) is 44.2 Å². The molecular formula is C12H17NO2. The SMILES string of the molecule is CC(C)C(Cc1ccccc1)OC(N)=O. The second kappa shape index (κ2) is 5.39. The Morgan fingerprint density at radius 3 is 2.40 bits per heavy atom. The molecule has 0 aliphatic rings. The highest BCUT2D eigenvalue weighted by molar-refractivity contribution is 5.64. The number of amides is 1. The van der Waals surface area contributed by atoms with Crippen LogP contribution in [0, 0.1) is 5.92 Å². The maximum absolute atomic E-state index is 10.7. The van der Waals surface area contributed by atoms with Crippen molar-refractivity contribution in [3.63, 3.8) is 0 Å². The smallest absolute Gasteiger partial charge is 0.404 e. The van der Waals surface area contributed by atoms with Crippen LogP contribution in [0.15, 0.2) is 30.3 Å². The van der Waals surface area contributed by atoms with Crippen molar-refractivity contribution in [1.29, 1.82) is 0 Å². The Labute approximate surface area is 90.2 Å². The first-order chi connectivity index (χ1) is 7.09. The number of hydrogen-bond acceptors (Lipinski definition) is 2. The molecule has 0 aliphatic heterocycles. The van der Waals surface area contributed by atoms with E-state index in [2.05, 4.69) is 0 Å². The lowest BCUT2D eigenvalue weighted by atomic mass is 9.99. The maximum Gasteiger partial charge on any atom is 0.404 e. The molecule has 3 heteroatoms. The Balaban J connectivity index is 2.63. The van der Waals surface area contributed by atoms with Gasteiger partial charge in [-0.2, -0.15) is 0 Å². The van der Waals surface area contributed by atoms with E-state index in [1.54, 1.807) is 0 Å². The second-order valence-electron chi connectivity index (χ2n) is 3.91. The maximum atomic E-state index is 10.7. The van der Waals surface area contributed by atoms with Crippen molar-refractivity contribution in [2.45, 2.75) is 26.4 Å². The molecule has 1 rings (SSSR count). The molecule has 1 amide bonds. The largest absolute Gasteiger partial charge is 0.446 e. The minimum atomic E-state index is -0.704. The Morgan fingerprint density at radius 2 is 1.93 bits per heavy atom. The minimum absolute atomic E-state index is 0.148. The third kappa shape index (κ3) is 4.02. The topological polar surface area (TPSA) is 52.3 Å². The van der Waals surface area contributed by atoms with Crippen LogP contribution in [0.5, 0.6) is 0 Å². The van der Waals surface area contributed by atoms with Crippen LogP contribution in [-0.4, -0.2) is 12.2 Å². The summed E-state index contributed by atoms with van der Waals surface area (Å²) in [6.07, 6.45) is -0.143. The van der Waals surface area contributed by atoms with Crippen LogP contribution >= 0.6 is 0 Å². The first-order valence-electron chi connectivity index (χ1n) is 5.09. The monoisotopic (exact) mass is 207 g/mol. The summed E-state index contributed by atoms with van der Waals surface area (Å²) in [5, 5.41) is 0. The van der Waals surface area contributed by atoms with Gasteiger partial charge in [0, 0.05) is 6.42 Å². The predicted molar refractivity (Wildman–Crippen MR) is 59.4 cm³/mol. The molecule has 1 atom stereocenters. The molecule has 0 fully saturated rings. The Morgan fingerprint density at radius 1 is 1.33 bits per heavy atom. The van der Waals surface area contributed by atoms with Crippen LogP contribution in [0.4, 0.5) is 4.79 Å². The minimum Gasteiger partial charge on any atom is -0.446 e. The fourth-order valence-corrected chi connectivity index (χ4v) is 1.41. The quantitative estimate of drug-likeness (QED) is 0.823. The number of carbonyl (C=O) groups is 1. The summed E-state index contributed by atoms with van der Waals surface area (Å²) in [4.78, 5) is 10.7. The van der Waals surface area contributed by atoms with E-state index in [0.717, 1.165) is 5.56 Å². The van der Waals surface area contributed by atoms with Gasteiger partial charge in [0.25, 0.3) is 0 Å². The van der Waals surface area contributed by atoms with E-state index >= 15 is 0 Å². The van der Waals surface area contributed by atoms with E-state index in [-0.39, 0.29) is 12.0 Å². The molecule has 0 heterocycles. The van der Waals surface area contributed by atoms with Crippen molar-refractivity contribution < 1.29 is 9.53 Å². The third-order valence-electron chi connectivity index (χ3n) is 2.29. The summed E-state index contributed by atoms with van der Waals surface area (Å²) in [5.74, 6) is 0.262. The van der Waals surface area contributed by atoms with Crippen LogP contribution < -0.4 is 5.73 Å². The lowest BCUT2D eigenvalue weighted by Gasteiger charge is -2.20. The standard InChI is InChI=1S/C12H17NO2/c1-9(2)11(15-12(13)14)8-10-6-4-3-5-7-10/h3-7,9,11H,8H2,1-2H3,(H2,13,14). The van der Waals surface area contributed by atoms with Gasteiger partial charge in [0.15, 0.2) is 0 Å². The van der Waals surface area contributed by atoms with Crippen molar-refractivity contribution >= 4 is 6.09 Å². The van der Waals surface area contributed by atoms with Crippen LogP contribution in [-0.2, 0) is 11.2 Å². The molecular weight excluding hydrogens is 190 g/mol. The van der Waals surface area contributed by atoms with Gasteiger partial charge >= 0.3 is 6.09 Å². The summed E-state index contributed by atoms with van der Waals surface area (Å²) in [5.41, 5.74) is 6.17. The molecule has 0 saturated carbocycles. The number of hydrogen-bond donors (Lipinski definition) is 1. The van der Waals surface area contributed by atoms with Crippen LogP contribution in [0.25, 0.3) is 0 Å². The molecule has 15 heavy (non-hydrogen) atoms. The molecule has 0 saturated heterocycles. The molecule has 0 bridgehead atoms. The average Bonchev–Trinajstić information content (AvgIpc) is 2.17.